The third kappa shape index (κ3) is 2.81. The molecule has 0 saturated heterocycles. The van der Waals surface area contributed by atoms with E-state index in [1.165, 1.54) is 7.05 Å². The van der Waals surface area contributed by atoms with Gasteiger partial charge in [-0.05, 0) is 19.2 Å². The Bertz CT molecular complexity index is 500. The minimum Gasteiger partial charge on any atom is -0.486 e. The molecule has 2 rings (SSSR count). The standard InChI is InChI=1S/C12H12F3NO3/c1-16-6-9(17)7-4-10-11(19-3-2-18-10)5-8(7)12(13,14)15/h4-5,16H,2-3,6H2,1H3. The fraction of sp³-hybridized carbons (Fsp3) is 0.417. The maximum absolute atomic E-state index is 13.0. The Balaban J connectivity index is 2.52. The zero-order valence-corrected chi connectivity index (χ0v) is 10.1. The molecule has 4 nitrogen and oxygen atoms in total. The van der Waals surface area contributed by atoms with Crippen LogP contribution in [-0.4, -0.2) is 32.6 Å². The second-order valence-corrected chi connectivity index (χ2v) is 3.99. The van der Waals surface area contributed by atoms with Gasteiger partial charge in [-0.1, -0.05) is 0 Å². The summed E-state index contributed by atoms with van der Waals surface area (Å²) in [7, 11) is 1.49. The van der Waals surface area contributed by atoms with Gasteiger partial charge in [0.25, 0.3) is 0 Å². The van der Waals surface area contributed by atoms with Crippen molar-refractivity contribution in [1.82, 2.24) is 5.32 Å². The van der Waals surface area contributed by atoms with Gasteiger partial charge in [-0.3, -0.25) is 4.79 Å². The highest BCUT2D eigenvalue weighted by atomic mass is 19.4. The second kappa shape index (κ2) is 5.08. The van der Waals surface area contributed by atoms with Crippen LogP contribution in [0.2, 0.25) is 0 Å². The van der Waals surface area contributed by atoms with Gasteiger partial charge in [-0.25, -0.2) is 0 Å². The van der Waals surface area contributed by atoms with Crippen molar-refractivity contribution in [3.05, 3.63) is 23.3 Å². The highest BCUT2D eigenvalue weighted by molar-refractivity contribution is 5.99. The maximum atomic E-state index is 13.0. The third-order valence-corrected chi connectivity index (χ3v) is 2.63. The quantitative estimate of drug-likeness (QED) is 0.856. The van der Waals surface area contributed by atoms with E-state index in [1.54, 1.807) is 0 Å². The van der Waals surface area contributed by atoms with E-state index >= 15 is 0 Å². The first-order chi connectivity index (χ1) is 8.93. The van der Waals surface area contributed by atoms with Crippen LogP contribution >= 0.6 is 0 Å². The van der Waals surface area contributed by atoms with Crippen LogP contribution in [0.5, 0.6) is 11.5 Å². The molecule has 0 aromatic heterocycles. The molecule has 1 aromatic rings. The number of Topliss-reactive ketones (excluding diaryl/α,β-unsaturated/α-hetero) is 1. The molecule has 1 aromatic carbocycles. The number of fused-ring (bicyclic) bond motifs is 1. The summed E-state index contributed by atoms with van der Waals surface area (Å²) in [6.45, 7) is 0.259. The van der Waals surface area contributed by atoms with Crippen molar-refractivity contribution in [1.29, 1.82) is 0 Å². The van der Waals surface area contributed by atoms with Crippen molar-refractivity contribution in [2.75, 3.05) is 26.8 Å². The minimum absolute atomic E-state index is 0.0135. The van der Waals surface area contributed by atoms with Crippen LogP contribution in [-0.2, 0) is 6.18 Å². The molecule has 0 unspecified atom stereocenters. The molecule has 0 fully saturated rings. The van der Waals surface area contributed by atoms with E-state index in [0.29, 0.717) is 0 Å². The number of ether oxygens (including phenoxy) is 2. The lowest BCUT2D eigenvalue weighted by Crippen LogP contribution is -2.23. The average Bonchev–Trinajstić information content (AvgIpc) is 2.36. The molecule has 0 spiro atoms. The molecule has 0 aliphatic carbocycles. The number of benzene rings is 1. The summed E-state index contributed by atoms with van der Waals surface area (Å²) >= 11 is 0. The summed E-state index contributed by atoms with van der Waals surface area (Å²) in [6.07, 6.45) is -4.62. The Hall–Kier alpha value is -1.76. The highest BCUT2D eigenvalue weighted by Crippen LogP contribution is 2.40. The number of alkyl halides is 3. The van der Waals surface area contributed by atoms with E-state index < -0.39 is 23.1 Å². The van der Waals surface area contributed by atoms with E-state index in [2.05, 4.69) is 5.32 Å². The first-order valence-electron chi connectivity index (χ1n) is 5.62. The van der Waals surface area contributed by atoms with E-state index in [0.717, 1.165) is 12.1 Å². The Morgan fingerprint density at radius 2 is 1.84 bits per heavy atom. The van der Waals surface area contributed by atoms with Gasteiger partial charge >= 0.3 is 6.18 Å². The molecular weight excluding hydrogens is 263 g/mol. The predicted molar refractivity (Wildman–Crippen MR) is 60.7 cm³/mol. The molecule has 104 valence electrons. The summed E-state index contributed by atoms with van der Waals surface area (Å²) in [5.74, 6) is -0.468. The number of ketones is 1. The molecule has 0 amide bonds. The molecule has 1 aliphatic rings. The van der Waals surface area contributed by atoms with Gasteiger partial charge in [0.05, 0.1) is 12.1 Å². The zero-order chi connectivity index (χ0) is 14.0. The van der Waals surface area contributed by atoms with Crippen LogP contribution < -0.4 is 14.8 Å². The fourth-order valence-corrected chi connectivity index (χ4v) is 1.81. The number of carbonyl (C=O) groups excluding carboxylic acids is 1. The molecule has 7 heteroatoms. The van der Waals surface area contributed by atoms with Crippen molar-refractivity contribution in [2.45, 2.75) is 6.18 Å². The number of carbonyl (C=O) groups is 1. The summed E-state index contributed by atoms with van der Waals surface area (Å²) in [5.41, 5.74) is -1.41. The van der Waals surface area contributed by atoms with Crippen LogP contribution in [0.1, 0.15) is 15.9 Å². The van der Waals surface area contributed by atoms with Gasteiger partial charge < -0.3 is 14.8 Å². The van der Waals surface area contributed by atoms with Crippen molar-refractivity contribution in [2.24, 2.45) is 0 Å². The number of halogens is 3. The average molecular weight is 275 g/mol. The fourth-order valence-electron chi connectivity index (χ4n) is 1.81. The van der Waals surface area contributed by atoms with Crippen LogP contribution in [0.15, 0.2) is 12.1 Å². The van der Waals surface area contributed by atoms with Crippen LogP contribution in [0.4, 0.5) is 13.2 Å². The SMILES string of the molecule is CNCC(=O)c1cc2c(cc1C(F)(F)F)OCCO2. The lowest BCUT2D eigenvalue weighted by molar-refractivity contribution is -0.138. The Labute approximate surface area is 107 Å². The first-order valence-corrected chi connectivity index (χ1v) is 5.62. The van der Waals surface area contributed by atoms with Gasteiger partial charge in [0.2, 0.25) is 0 Å². The molecule has 1 aliphatic heterocycles. The summed E-state index contributed by atoms with van der Waals surface area (Å²) in [5, 5.41) is 2.54. The van der Waals surface area contributed by atoms with E-state index in [-0.39, 0.29) is 31.3 Å². The Morgan fingerprint density at radius 1 is 1.26 bits per heavy atom. The van der Waals surface area contributed by atoms with Gasteiger partial charge in [0, 0.05) is 5.56 Å². The molecule has 0 saturated carbocycles. The Morgan fingerprint density at radius 3 is 2.37 bits per heavy atom. The van der Waals surface area contributed by atoms with Gasteiger partial charge in [0.1, 0.15) is 13.2 Å². The van der Waals surface area contributed by atoms with E-state index in [4.69, 9.17) is 9.47 Å². The van der Waals surface area contributed by atoms with Crippen molar-refractivity contribution >= 4 is 5.78 Å². The largest absolute Gasteiger partial charge is 0.486 e. The maximum Gasteiger partial charge on any atom is 0.417 e. The van der Waals surface area contributed by atoms with Crippen molar-refractivity contribution in [3.8, 4) is 11.5 Å². The van der Waals surface area contributed by atoms with Crippen molar-refractivity contribution in [3.63, 3.8) is 0 Å². The highest BCUT2D eigenvalue weighted by Gasteiger charge is 2.37. The molecule has 0 bridgehead atoms. The van der Waals surface area contributed by atoms with Crippen LogP contribution in [0.25, 0.3) is 0 Å². The molecule has 0 radical (unpaired) electrons. The summed E-state index contributed by atoms with van der Waals surface area (Å²) in [4.78, 5) is 11.7. The minimum atomic E-state index is -4.62. The molecule has 0 atom stereocenters. The smallest absolute Gasteiger partial charge is 0.417 e. The van der Waals surface area contributed by atoms with Gasteiger partial charge in [0.15, 0.2) is 17.3 Å². The normalized spacial score (nSPS) is 14.3. The predicted octanol–water partition coefficient (Wildman–Crippen LogP) is 1.88. The second-order valence-electron chi connectivity index (χ2n) is 3.99. The molecule has 19 heavy (non-hydrogen) atoms. The molecule has 1 N–H and O–H groups in total. The number of nitrogens with one attached hydrogen (secondary N) is 1. The monoisotopic (exact) mass is 275 g/mol. The first kappa shape index (κ1) is 13.7. The van der Waals surface area contributed by atoms with Gasteiger partial charge in [-0.2, -0.15) is 13.2 Å². The van der Waals surface area contributed by atoms with Crippen LogP contribution in [0, 0.1) is 0 Å². The topological polar surface area (TPSA) is 47.6 Å². The zero-order valence-electron chi connectivity index (χ0n) is 10.1. The lowest BCUT2D eigenvalue weighted by atomic mass is 10.0. The summed E-state index contributed by atoms with van der Waals surface area (Å²) in [6, 6.07) is 1.91. The number of likely N-dealkylation sites (N-methyl/N-ethyl adjacent to an activating group) is 1. The summed E-state index contributed by atoms with van der Waals surface area (Å²) < 4.78 is 49.1. The molecular formula is C12H12F3NO3. The van der Waals surface area contributed by atoms with E-state index in [9.17, 15) is 18.0 Å². The van der Waals surface area contributed by atoms with Crippen LogP contribution in [0.3, 0.4) is 0 Å². The third-order valence-electron chi connectivity index (χ3n) is 2.63. The van der Waals surface area contributed by atoms with Gasteiger partial charge in [-0.15, -0.1) is 0 Å². The number of rotatable bonds is 3. The van der Waals surface area contributed by atoms with Crippen molar-refractivity contribution < 1.29 is 27.4 Å². The lowest BCUT2D eigenvalue weighted by Gasteiger charge is -2.21. The number of hydrogen-bond acceptors (Lipinski definition) is 4. The van der Waals surface area contributed by atoms with E-state index in [1.807, 2.05) is 0 Å². The Kier molecular flexibility index (Phi) is 3.66. The number of hydrogen-bond donors (Lipinski definition) is 1. The molecule has 1 heterocycles.